The third-order valence-electron chi connectivity index (χ3n) is 2.17. The van der Waals surface area contributed by atoms with Crippen LogP contribution in [0, 0.1) is 0 Å². The van der Waals surface area contributed by atoms with Crippen molar-refractivity contribution >= 4 is 0 Å². The van der Waals surface area contributed by atoms with Gasteiger partial charge in [0.15, 0.2) is 5.82 Å². The van der Waals surface area contributed by atoms with Crippen molar-refractivity contribution in [2.45, 2.75) is 52.7 Å². The molecule has 17 heavy (non-hydrogen) atoms. The van der Waals surface area contributed by atoms with Crippen molar-refractivity contribution in [1.82, 2.24) is 20.1 Å². The standard InChI is InChI=1S/C12H24N4O/c1-5-7-17-8-6-16-10-13-11(15-16)9-14-12(2,3)4/h10,14H,5-9H2,1-4H3. The van der Waals surface area contributed by atoms with Gasteiger partial charge in [0.1, 0.15) is 6.33 Å². The molecule has 1 rings (SSSR count). The van der Waals surface area contributed by atoms with Crippen LogP contribution in [-0.2, 0) is 17.8 Å². The van der Waals surface area contributed by atoms with E-state index in [1.54, 1.807) is 6.33 Å². The van der Waals surface area contributed by atoms with Crippen LogP contribution in [0.5, 0.6) is 0 Å². The van der Waals surface area contributed by atoms with E-state index in [1.807, 2.05) is 4.68 Å². The maximum absolute atomic E-state index is 5.41. The highest BCUT2D eigenvalue weighted by molar-refractivity contribution is 4.83. The fraction of sp³-hybridized carbons (Fsp3) is 0.833. The van der Waals surface area contributed by atoms with Gasteiger partial charge in [0.25, 0.3) is 0 Å². The number of nitrogens with zero attached hydrogens (tertiary/aromatic N) is 3. The highest BCUT2D eigenvalue weighted by atomic mass is 16.5. The average Bonchev–Trinajstić information content (AvgIpc) is 2.69. The third-order valence-corrected chi connectivity index (χ3v) is 2.17. The van der Waals surface area contributed by atoms with Gasteiger partial charge in [0.05, 0.1) is 19.7 Å². The Morgan fingerprint density at radius 2 is 2.12 bits per heavy atom. The molecule has 0 amide bonds. The Morgan fingerprint density at radius 1 is 1.35 bits per heavy atom. The molecule has 0 radical (unpaired) electrons. The van der Waals surface area contributed by atoms with E-state index in [0.29, 0.717) is 13.2 Å². The molecule has 0 saturated carbocycles. The molecule has 5 nitrogen and oxygen atoms in total. The molecule has 0 bridgehead atoms. The normalized spacial score (nSPS) is 12.0. The molecule has 1 aromatic heterocycles. The van der Waals surface area contributed by atoms with Gasteiger partial charge in [-0.2, -0.15) is 5.10 Å². The molecule has 0 atom stereocenters. The quantitative estimate of drug-likeness (QED) is 0.735. The third kappa shape index (κ3) is 6.38. The summed E-state index contributed by atoms with van der Waals surface area (Å²) in [6.07, 6.45) is 2.81. The summed E-state index contributed by atoms with van der Waals surface area (Å²) < 4.78 is 7.23. The Balaban J connectivity index is 2.28. The lowest BCUT2D eigenvalue weighted by molar-refractivity contribution is 0.124. The molecule has 0 saturated heterocycles. The summed E-state index contributed by atoms with van der Waals surface area (Å²) in [6, 6.07) is 0. The maximum atomic E-state index is 5.41. The number of ether oxygens (including phenoxy) is 1. The van der Waals surface area contributed by atoms with Gasteiger partial charge in [0, 0.05) is 12.1 Å². The first kappa shape index (κ1) is 14.1. The Morgan fingerprint density at radius 3 is 2.76 bits per heavy atom. The molecular weight excluding hydrogens is 216 g/mol. The van der Waals surface area contributed by atoms with Crippen molar-refractivity contribution in [3.63, 3.8) is 0 Å². The Kier molecular flexibility index (Phi) is 5.58. The Labute approximate surface area is 104 Å². The van der Waals surface area contributed by atoms with Gasteiger partial charge in [0.2, 0.25) is 0 Å². The summed E-state index contributed by atoms with van der Waals surface area (Å²) in [5.74, 6) is 0.829. The number of hydrogen-bond acceptors (Lipinski definition) is 4. The zero-order valence-electron chi connectivity index (χ0n) is 11.4. The van der Waals surface area contributed by atoms with Crippen molar-refractivity contribution in [2.24, 2.45) is 0 Å². The Hall–Kier alpha value is -0.940. The fourth-order valence-electron chi connectivity index (χ4n) is 1.27. The molecule has 0 aromatic carbocycles. The minimum Gasteiger partial charge on any atom is -0.380 e. The van der Waals surface area contributed by atoms with Crippen LogP contribution >= 0.6 is 0 Å². The van der Waals surface area contributed by atoms with Gasteiger partial charge in [-0.25, -0.2) is 4.98 Å². The summed E-state index contributed by atoms with van der Waals surface area (Å²) in [5, 5.41) is 7.73. The van der Waals surface area contributed by atoms with Crippen molar-refractivity contribution in [3.8, 4) is 0 Å². The second-order valence-corrected chi connectivity index (χ2v) is 5.14. The molecule has 1 N–H and O–H groups in total. The lowest BCUT2D eigenvalue weighted by atomic mass is 10.1. The summed E-state index contributed by atoms with van der Waals surface area (Å²) in [7, 11) is 0. The monoisotopic (exact) mass is 240 g/mol. The van der Waals surface area contributed by atoms with Gasteiger partial charge in [-0.05, 0) is 27.2 Å². The summed E-state index contributed by atoms with van der Waals surface area (Å²) in [6.45, 7) is 11.5. The molecular formula is C12H24N4O. The SMILES string of the molecule is CCCOCCn1cnc(CNC(C)(C)C)n1. The summed E-state index contributed by atoms with van der Waals surface area (Å²) in [4.78, 5) is 4.25. The molecule has 0 aliphatic carbocycles. The van der Waals surface area contributed by atoms with Crippen LogP contribution in [0.3, 0.4) is 0 Å². The molecule has 1 aromatic rings. The first-order valence-corrected chi connectivity index (χ1v) is 6.22. The van der Waals surface area contributed by atoms with Crippen molar-refractivity contribution < 1.29 is 4.74 Å². The Bertz CT molecular complexity index is 317. The van der Waals surface area contributed by atoms with Crippen LogP contribution in [0.2, 0.25) is 0 Å². The molecule has 0 aliphatic heterocycles. The summed E-state index contributed by atoms with van der Waals surface area (Å²) >= 11 is 0. The highest BCUT2D eigenvalue weighted by Crippen LogP contribution is 2.00. The zero-order valence-corrected chi connectivity index (χ0v) is 11.4. The highest BCUT2D eigenvalue weighted by Gasteiger charge is 2.10. The molecule has 5 heteroatoms. The smallest absolute Gasteiger partial charge is 0.164 e. The van der Waals surface area contributed by atoms with E-state index >= 15 is 0 Å². The molecule has 0 fully saturated rings. The van der Waals surface area contributed by atoms with E-state index in [4.69, 9.17) is 4.74 Å². The van der Waals surface area contributed by atoms with E-state index in [1.165, 1.54) is 0 Å². The van der Waals surface area contributed by atoms with E-state index in [-0.39, 0.29) is 5.54 Å². The largest absolute Gasteiger partial charge is 0.380 e. The second kappa shape index (κ2) is 6.71. The number of hydrogen-bond donors (Lipinski definition) is 1. The minimum absolute atomic E-state index is 0.0930. The molecule has 98 valence electrons. The molecule has 1 heterocycles. The van der Waals surface area contributed by atoms with Crippen LogP contribution in [0.25, 0.3) is 0 Å². The lowest BCUT2D eigenvalue weighted by Crippen LogP contribution is -2.35. The zero-order chi connectivity index (χ0) is 12.7. The summed E-state index contributed by atoms with van der Waals surface area (Å²) in [5.41, 5.74) is 0.0930. The topological polar surface area (TPSA) is 52.0 Å². The van der Waals surface area contributed by atoms with E-state index in [2.05, 4.69) is 43.1 Å². The fourth-order valence-corrected chi connectivity index (χ4v) is 1.27. The van der Waals surface area contributed by atoms with Crippen LogP contribution in [0.4, 0.5) is 0 Å². The van der Waals surface area contributed by atoms with Crippen molar-refractivity contribution in [2.75, 3.05) is 13.2 Å². The van der Waals surface area contributed by atoms with Crippen molar-refractivity contribution in [1.29, 1.82) is 0 Å². The van der Waals surface area contributed by atoms with Gasteiger partial charge < -0.3 is 10.1 Å². The number of rotatable bonds is 7. The molecule has 0 spiro atoms. The van der Waals surface area contributed by atoms with Crippen LogP contribution in [-0.4, -0.2) is 33.5 Å². The first-order valence-electron chi connectivity index (χ1n) is 6.22. The second-order valence-electron chi connectivity index (χ2n) is 5.14. The van der Waals surface area contributed by atoms with E-state index < -0.39 is 0 Å². The van der Waals surface area contributed by atoms with E-state index in [9.17, 15) is 0 Å². The average molecular weight is 240 g/mol. The first-order chi connectivity index (χ1) is 8.01. The van der Waals surface area contributed by atoms with E-state index in [0.717, 1.165) is 25.4 Å². The van der Waals surface area contributed by atoms with Gasteiger partial charge in [-0.15, -0.1) is 0 Å². The predicted molar refractivity (Wildman–Crippen MR) is 67.7 cm³/mol. The van der Waals surface area contributed by atoms with Crippen molar-refractivity contribution in [3.05, 3.63) is 12.2 Å². The molecule has 0 unspecified atom stereocenters. The van der Waals surface area contributed by atoms with Gasteiger partial charge >= 0.3 is 0 Å². The predicted octanol–water partition coefficient (Wildman–Crippen LogP) is 1.59. The van der Waals surface area contributed by atoms with Gasteiger partial charge in [-0.1, -0.05) is 6.92 Å². The van der Waals surface area contributed by atoms with Crippen LogP contribution in [0.15, 0.2) is 6.33 Å². The minimum atomic E-state index is 0.0930. The van der Waals surface area contributed by atoms with Crippen LogP contribution < -0.4 is 5.32 Å². The van der Waals surface area contributed by atoms with Crippen LogP contribution in [0.1, 0.15) is 39.9 Å². The lowest BCUT2D eigenvalue weighted by Gasteiger charge is -2.19. The number of nitrogens with one attached hydrogen (secondary N) is 1. The van der Waals surface area contributed by atoms with Gasteiger partial charge in [-0.3, -0.25) is 4.68 Å². The maximum Gasteiger partial charge on any atom is 0.164 e. The number of aromatic nitrogens is 3. The molecule has 0 aliphatic rings.